The molecule has 0 aliphatic heterocycles. The Balaban J connectivity index is 1.52. The highest BCUT2D eigenvalue weighted by Crippen LogP contribution is 2.31. The Morgan fingerprint density at radius 1 is 1.23 bits per heavy atom. The van der Waals surface area contributed by atoms with E-state index in [1.54, 1.807) is 35.7 Å². The van der Waals surface area contributed by atoms with Crippen LogP contribution in [0.1, 0.15) is 48.7 Å². The molecule has 0 radical (unpaired) electrons. The summed E-state index contributed by atoms with van der Waals surface area (Å²) in [5.41, 5.74) is 3.01. The SMILES string of the molecule is CCOc1ccc(NC(=O)C2CC2)cc1C(=O)NC(C)c1cccc(-c2nccs2)c1. The topological polar surface area (TPSA) is 80.3 Å². The molecule has 2 amide bonds. The molecule has 0 saturated heterocycles. The number of nitrogens with zero attached hydrogens (tertiary/aromatic N) is 1. The minimum absolute atomic E-state index is 0.00267. The number of ether oxygens (including phenoxy) is 1. The van der Waals surface area contributed by atoms with Gasteiger partial charge in [-0.2, -0.15) is 0 Å². The van der Waals surface area contributed by atoms with Gasteiger partial charge >= 0.3 is 0 Å². The third kappa shape index (κ3) is 5.11. The first-order valence-electron chi connectivity index (χ1n) is 10.4. The van der Waals surface area contributed by atoms with E-state index in [9.17, 15) is 9.59 Å². The number of carbonyl (C=O) groups excluding carboxylic acids is 2. The minimum atomic E-state index is -0.252. The maximum atomic E-state index is 13.1. The molecule has 1 heterocycles. The molecule has 6 nitrogen and oxygen atoms in total. The van der Waals surface area contributed by atoms with Crippen LogP contribution in [0.25, 0.3) is 10.6 Å². The maximum absolute atomic E-state index is 13.1. The van der Waals surface area contributed by atoms with Crippen molar-refractivity contribution in [3.05, 3.63) is 65.2 Å². The van der Waals surface area contributed by atoms with Crippen LogP contribution in [-0.4, -0.2) is 23.4 Å². The van der Waals surface area contributed by atoms with Gasteiger partial charge in [-0.05, 0) is 56.5 Å². The van der Waals surface area contributed by atoms with E-state index in [1.807, 2.05) is 43.5 Å². The second-order valence-electron chi connectivity index (χ2n) is 7.57. The maximum Gasteiger partial charge on any atom is 0.255 e. The van der Waals surface area contributed by atoms with Crippen LogP contribution in [-0.2, 0) is 4.79 Å². The predicted molar refractivity (Wildman–Crippen MR) is 122 cm³/mol. The molecule has 1 aliphatic rings. The lowest BCUT2D eigenvalue weighted by atomic mass is 10.0. The molecule has 4 rings (SSSR count). The van der Waals surface area contributed by atoms with Crippen molar-refractivity contribution >= 4 is 28.8 Å². The van der Waals surface area contributed by atoms with Crippen molar-refractivity contribution in [1.29, 1.82) is 0 Å². The van der Waals surface area contributed by atoms with E-state index in [4.69, 9.17) is 4.74 Å². The van der Waals surface area contributed by atoms with Gasteiger partial charge < -0.3 is 15.4 Å². The van der Waals surface area contributed by atoms with E-state index >= 15 is 0 Å². The fourth-order valence-corrected chi connectivity index (χ4v) is 3.96. The summed E-state index contributed by atoms with van der Waals surface area (Å²) < 4.78 is 5.65. The van der Waals surface area contributed by atoms with Crippen molar-refractivity contribution in [2.24, 2.45) is 5.92 Å². The van der Waals surface area contributed by atoms with Gasteiger partial charge in [0.05, 0.1) is 18.2 Å². The zero-order valence-corrected chi connectivity index (χ0v) is 18.4. The largest absolute Gasteiger partial charge is 0.493 e. The van der Waals surface area contributed by atoms with E-state index in [0.717, 1.165) is 29.0 Å². The van der Waals surface area contributed by atoms with Gasteiger partial charge in [0.25, 0.3) is 5.91 Å². The molecule has 1 unspecified atom stereocenters. The van der Waals surface area contributed by atoms with Crippen LogP contribution in [0, 0.1) is 5.92 Å². The van der Waals surface area contributed by atoms with Crippen molar-refractivity contribution in [1.82, 2.24) is 10.3 Å². The number of thiazole rings is 1. The minimum Gasteiger partial charge on any atom is -0.493 e. The van der Waals surface area contributed by atoms with Gasteiger partial charge in [0.2, 0.25) is 5.91 Å². The number of amides is 2. The molecule has 1 saturated carbocycles. The summed E-state index contributed by atoms with van der Waals surface area (Å²) in [6.45, 7) is 4.26. The lowest BCUT2D eigenvalue weighted by molar-refractivity contribution is -0.117. The molecule has 1 aromatic heterocycles. The standard InChI is InChI=1S/C24H25N3O3S/c1-3-30-21-10-9-19(27-22(28)16-7-8-16)14-20(21)23(29)26-15(2)17-5-4-6-18(13-17)24-25-11-12-31-24/h4-6,9-16H,3,7-8H2,1-2H3,(H,26,29)(H,27,28). The van der Waals surface area contributed by atoms with Gasteiger partial charge in [0, 0.05) is 28.7 Å². The van der Waals surface area contributed by atoms with Gasteiger partial charge in [-0.3, -0.25) is 9.59 Å². The first kappa shape index (κ1) is 21.1. The van der Waals surface area contributed by atoms with Crippen molar-refractivity contribution < 1.29 is 14.3 Å². The lowest BCUT2D eigenvalue weighted by Gasteiger charge is -2.17. The molecular formula is C24H25N3O3S. The zero-order valence-electron chi connectivity index (χ0n) is 17.6. The van der Waals surface area contributed by atoms with E-state index in [2.05, 4.69) is 15.6 Å². The van der Waals surface area contributed by atoms with Crippen LogP contribution in [0.15, 0.2) is 54.0 Å². The predicted octanol–water partition coefficient (Wildman–Crippen LogP) is 5.05. The highest BCUT2D eigenvalue weighted by molar-refractivity contribution is 7.13. The molecule has 1 aliphatic carbocycles. The summed E-state index contributed by atoms with van der Waals surface area (Å²) in [6.07, 6.45) is 3.63. The summed E-state index contributed by atoms with van der Waals surface area (Å²) in [5, 5.41) is 8.83. The number of hydrogen-bond acceptors (Lipinski definition) is 5. The number of carbonyl (C=O) groups is 2. The first-order chi connectivity index (χ1) is 15.0. The van der Waals surface area contributed by atoms with Crippen molar-refractivity contribution in [2.45, 2.75) is 32.7 Å². The normalized spacial score (nSPS) is 14.0. The van der Waals surface area contributed by atoms with Crippen LogP contribution < -0.4 is 15.4 Å². The number of rotatable bonds is 8. The van der Waals surface area contributed by atoms with Crippen molar-refractivity contribution in [3.8, 4) is 16.3 Å². The number of benzene rings is 2. The number of aromatic nitrogens is 1. The Morgan fingerprint density at radius 2 is 2.06 bits per heavy atom. The Hall–Kier alpha value is -3.19. The van der Waals surface area contributed by atoms with Crippen LogP contribution >= 0.6 is 11.3 Å². The average molecular weight is 436 g/mol. The van der Waals surface area contributed by atoms with E-state index in [-0.39, 0.29) is 23.8 Å². The van der Waals surface area contributed by atoms with Crippen molar-refractivity contribution in [2.75, 3.05) is 11.9 Å². The summed E-state index contributed by atoms with van der Waals surface area (Å²) >= 11 is 1.58. The molecule has 160 valence electrons. The number of anilines is 1. The second kappa shape index (κ2) is 9.31. The summed E-state index contributed by atoms with van der Waals surface area (Å²) in [5.74, 6) is 0.336. The fourth-order valence-electron chi connectivity index (χ4n) is 3.32. The quantitative estimate of drug-likeness (QED) is 0.519. The lowest BCUT2D eigenvalue weighted by Crippen LogP contribution is -2.27. The molecule has 2 aromatic carbocycles. The summed E-state index contributed by atoms with van der Waals surface area (Å²) in [4.78, 5) is 29.6. The van der Waals surface area contributed by atoms with Gasteiger partial charge in [0.1, 0.15) is 10.8 Å². The number of hydrogen-bond donors (Lipinski definition) is 2. The molecule has 0 bridgehead atoms. The molecule has 0 spiro atoms. The fraction of sp³-hybridized carbons (Fsp3) is 0.292. The zero-order chi connectivity index (χ0) is 21.8. The Bertz CT molecular complexity index is 1080. The van der Waals surface area contributed by atoms with Crippen LogP contribution in [0.3, 0.4) is 0 Å². The Labute approximate surface area is 185 Å². The van der Waals surface area contributed by atoms with Crippen LogP contribution in [0.4, 0.5) is 5.69 Å². The Kier molecular flexibility index (Phi) is 6.32. The van der Waals surface area contributed by atoms with Crippen molar-refractivity contribution in [3.63, 3.8) is 0 Å². The smallest absolute Gasteiger partial charge is 0.255 e. The van der Waals surface area contributed by atoms with Crippen LogP contribution in [0.2, 0.25) is 0 Å². The molecule has 3 aromatic rings. The molecule has 31 heavy (non-hydrogen) atoms. The summed E-state index contributed by atoms with van der Waals surface area (Å²) in [6, 6.07) is 13.0. The van der Waals surface area contributed by atoms with Gasteiger partial charge in [-0.25, -0.2) is 4.98 Å². The van der Waals surface area contributed by atoms with Gasteiger partial charge in [0.15, 0.2) is 0 Å². The second-order valence-corrected chi connectivity index (χ2v) is 8.46. The number of nitrogens with one attached hydrogen (secondary N) is 2. The first-order valence-corrected chi connectivity index (χ1v) is 11.3. The van der Waals surface area contributed by atoms with E-state index in [1.165, 1.54) is 0 Å². The van der Waals surface area contributed by atoms with Crippen LogP contribution in [0.5, 0.6) is 5.75 Å². The molecular weight excluding hydrogens is 410 g/mol. The summed E-state index contributed by atoms with van der Waals surface area (Å²) in [7, 11) is 0. The Morgan fingerprint density at radius 3 is 2.77 bits per heavy atom. The van der Waals surface area contributed by atoms with E-state index < -0.39 is 0 Å². The third-order valence-electron chi connectivity index (χ3n) is 5.15. The monoisotopic (exact) mass is 435 g/mol. The third-order valence-corrected chi connectivity index (χ3v) is 5.98. The average Bonchev–Trinajstić information content (AvgIpc) is 3.49. The van der Waals surface area contributed by atoms with E-state index in [0.29, 0.717) is 23.6 Å². The molecule has 1 atom stereocenters. The van der Waals surface area contributed by atoms with Gasteiger partial charge in [-0.1, -0.05) is 18.2 Å². The highest BCUT2D eigenvalue weighted by atomic mass is 32.1. The molecule has 7 heteroatoms. The highest BCUT2D eigenvalue weighted by Gasteiger charge is 2.29. The van der Waals surface area contributed by atoms with Gasteiger partial charge in [-0.15, -0.1) is 11.3 Å². The molecule has 1 fully saturated rings. The molecule has 2 N–H and O–H groups in total.